The molecule has 0 saturated carbocycles. The van der Waals surface area contributed by atoms with Gasteiger partial charge in [-0.05, 0) is 13.8 Å². The third kappa shape index (κ3) is 2.27. The van der Waals surface area contributed by atoms with Crippen molar-refractivity contribution in [3.63, 3.8) is 0 Å². The fourth-order valence-electron chi connectivity index (χ4n) is 1.25. The predicted molar refractivity (Wildman–Crippen MR) is 60.2 cm³/mol. The Balaban J connectivity index is 2.15. The molecule has 6 nitrogen and oxygen atoms in total. The Bertz CT molecular complexity index is 481. The molecule has 0 unspecified atom stereocenters. The van der Waals surface area contributed by atoms with Crippen molar-refractivity contribution in [1.29, 1.82) is 0 Å². The molecule has 0 aliphatic heterocycles. The summed E-state index contributed by atoms with van der Waals surface area (Å²) in [6, 6.07) is 0. The highest BCUT2D eigenvalue weighted by molar-refractivity contribution is 6.30. The fraction of sp³-hybridized carbons (Fsp3) is 0.333. The zero-order chi connectivity index (χ0) is 11.5. The van der Waals surface area contributed by atoms with Crippen molar-refractivity contribution in [3.05, 3.63) is 28.7 Å². The highest BCUT2D eigenvalue weighted by Gasteiger charge is 2.07. The molecule has 0 saturated heterocycles. The van der Waals surface area contributed by atoms with E-state index in [9.17, 15) is 0 Å². The van der Waals surface area contributed by atoms with E-state index >= 15 is 0 Å². The molecule has 84 valence electrons. The van der Waals surface area contributed by atoms with Crippen LogP contribution in [0.2, 0.25) is 5.15 Å². The number of halogens is 1. The van der Waals surface area contributed by atoms with E-state index in [1.807, 2.05) is 6.92 Å². The van der Waals surface area contributed by atoms with Crippen LogP contribution in [-0.4, -0.2) is 25.1 Å². The first kappa shape index (κ1) is 10.8. The largest absolute Gasteiger partial charge is 0.362 e. The van der Waals surface area contributed by atoms with Crippen molar-refractivity contribution < 1.29 is 0 Å². The van der Waals surface area contributed by atoms with Crippen LogP contribution >= 0.6 is 11.6 Å². The Morgan fingerprint density at radius 1 is 1.38 bits per heavy atom. The van der Waals surface area contributed by atoms with Gasteiger partial charge in [0.25, 0.3) is 0 Å². The molecule has 2 N–H and O–H groups in total. The third-order valence-corrected chi connectivity index (χ3v) is 2.45. The van der Waals surface area contributed by atoms with Crippen LogP contribution in [0.1, 0.15) is 17.2 Å². The molecule has 0 bridgehead atoms. The van der Waals surface area contributed by atoms with Crippen molar-refractivity contribution in [1.82, 2.24) is 25.1 Å². The number of anilines is 1. The number of hydrogen-bond acceptors (Lipinski definition) is 5. The molecule has 0 aliphatic rings. The number of aryl methyl sites for hydroxylation is 1. The number of aromatic nitrogens is 5. The highest BCUT2D eigenvalue weighted by atomic mass is 35.5. The first-order valence-electron chi connectivity index (χ1n) is 4.75. The van der Waals surface area contributed by atoms with Crippen LogP contribution in [0.4, 0.5) is 5.82 Å². The number of aromatic amines is 1. The van der Waals surface area contributed by atoms with Crippen LogP contribution < -0.4 is 5.32 Å². The summed E-state index contributed by atoms with van der Waals surface area (Å²) in [6.07, 6.45) is 1.46. The normalized spacial score (nSPS) is 10.4. The van der Waals surface area contributed by atoms with Gasteiger partial charge in [0.05, 0.1) is 6.54 Å². The molecule has 0 radical (unpaired) electrons. The van der Waals surface area contributed by atoms with E-state index in [2.05, 4.69) is 30.5 Å². The fourth-order valence-corrected chi connectivity index (χ4v) is 1.46. The Morgan fingerprint density at radius 2 is 2.19 bits per heavy atom. The van der Waals surface area contributed by atoms with Crippen molar-refractivity contribution in [2.24, 2.45) is 0 Å². The Morgan fingerprint density at radius 3 is 2.88 bits per heavy atom. The Labute approximate surface area is 97.5 Å². The van der Waals surface area contributed by atoms with Crippen LogP contribution in [0.15, 0.2) is 6.33 Å². The molecule has 0 spiro atoms. The van der Waals surface area contributed by atoms with Gasteiger partial charge in [0.2, 0.25) is 0 Å². The lowest BCUT2D eigenvalue weighted by Crippen LogP contribution is -2.07. The lowest BCUT2D eigenvalue weighted by atomic mass is 10.3. The molecule has 2 aromatic heterocycles. The van der Waals surface area contributed by atoms with Gasteiger partial charge in [-0.25, -0.2) is 15.0 Å². The maximum atomic E-state index is 5.95. The second-order valence-electron chi connectivity index (χ2n) is 3.32. The Hall–Kier alpha value is -1.69. The maximum Gasteiger partial charge on any atom is 0.143 e. The number of hydrogen-bond donors (Lipinski definition) is 2. The molecule has 16 heavy (non-hydrogen) atoms. The van der Waals surface area contributed by atoms with Crippen molar-refractivity contribution in [2.75, 3.05) is 5.32 Å². The summed E-state index contributed by atoms with van der Waals surface area (Å²) in [5.74, 6) is 2.09. The van der Waals surface area contributed by atoms with E-state index < -0.39 is 0 Å². The van der Waals surface area contributed by atoms with Crippen LogP contribution in [-0.2, 0) is 6.54 Å². The van der Waals surface area contributed by atoms with E-state index in [1.165, 1.54) is 6.33 Å². The van der Waals surface area contributed by atoms with Gasteiger partial charge < -0.3 is 5.32 Å². The summed E-state index contributed by atoms with van der Waals surface area (Å²) < 4.78 is 0. The van der Waals surface area contributed by atoms with E-state index in [-0.39, 0.29) is 0 Å². The first-order valence-corrected chi connectivity index (χ1v) is 5.13. The summed E-state index contributed by atoms with van der Waals surface area (Å²) >= 11 is 5.95. The minimum absolute atomic E-state index is 0.465. The summed E-state index contributed by atoms with van der Waals surface area (Å²) in [7, 11) is 0. The van der Waals surface area contributed by atoms with Gasteiger partial charge in [-0.1, -0.05) is 11.6 Å². The van der Waals surface area contributed by atoms with Gasteiger partial charge in [-0.15, -0.1) is 0 Å². The maximum absolute atomic E-state index is 5.95. The smallest absolute Gasteiger partial charge is 0.143 e. The van der Waals surface area contributed by atoms with Gasteiger partial charge in [-0.2, -0.15) is 5.10 Å². The zero-order valence-electron chi connectivity index (χ0n) is 8.95. The Kier molecular flexibility index (Phi) is 3.00. The molecule has 2 rings (SSSR count). The van der Waals surface area contributed by atoms with E-state index in [0.717, 1.165) is 11.4 Å². The van der Waals surface area contributed by atoms with Gasteiger partial charge in [0, 0.05) is 5.56 Å². The van der Waals surface area contributed by atoms with Crippen molar-refractivity contribution in [2.45, 2.75) is 20.4 Å². The second-order valence-corrected chi connectivity index (χ2v) is 3.68. The van der Waals surface area contributed by atoms with Crippen LogP contribution in [0, 0.1) is 13.8 Å². The number of nitrogens with zero attached hydrogens (tertiary/aromatic N) is 4. The van der Waals surface area contributed by atoms with Crippen molar-refractivity contribution >= 4 is 17.4 Å². The molecule has 0 aliphatic carbocycles. The molecule has 0 amide bonds. The topological polar surface area (TPSA) is 79.4 Å². The third-order valence-electron chi connectivity index (χ3n) is 2.09. The van der Waals surface area contributed by atoms with Gasteiger partial charge >= 0.3 is 0 Å². The molecule has 2 heterocycles. The zero-order valence-corrected chi connectivity index (χ0v) is 9.71. The molecule has 0 aromatic carbocycles. The molecule has 2 aromatic rings. The average molecular weight is 239 g/mol. The predicted octanol–water partition coefficient (Wildman–Crippen LogP) is 1.48. The summed E-state index contributed by atoms with van der Waals surface area (Å²) in [5, 5.41) is 10.1. The summed E-state index contributed by atoms with van der Waals surface area (Å²) in [4.78, 5) is 12.3. The lowest BCUT2D eigenvalue weighted by Gasteiger charge is -2.08. The average Bonchev–Trinajstić information content (AvgIpc) is 2.74. The molecule has 0 fully saturated rings. The molecule has 0 atom stereocenters. The van der Waals surface area contributed by atoms with Gasteiger partial charge in [-0.3, -0.25) is 5.10 Å². The molecular formula is C9H11ClN6. The molecule has 7 heteroatoms. The first-order chi connectivity index (χ1) is 7.66. The van der Waals surface area contributed by atoms with Crippen molar-refractivity contribution in [3.8, 4) is 0 Å². The van der Waals surface area contributed by atoms with E-state index in [1.54, 1.807) is 6.92 Å². The van der Waals surface area contributed by atoms with Gasteiger partial charge in [0.15, 0.2) is 0 Å². The van der Waals surface area contributed by atoms with E-state index in [4.69, 9.17) is 11.6 Å². The minimum Gasteiger partial charge on any atom is -0.362 e. The van der Waals surface area contributed by atoms with Crippen LogP contribution in [0.25, 0.3) is 0 Å². The second kappa shape index (κ2) is 4.44. The monoisotopic (exact) mass is 238 g/mol. The highest BCUT2D eigenvalue weighted by Crippen LogP contribution is 2.19. The van der Waals surface area contributed by atoms with Gasteiger partial charge in [0.1, 0.15) is 28.9 Å². The lowest BCUT2D eigenvalue weighted by molar-refractivity contribution is 0.932. The number of H-pyrrole nitrogens is 1. The number of rotatable bonds is 3. The van der Waals surface area contributed by atoms with E-state index in [0.29, 0.717) is 23.3 Å². The molecular weight excluding hydrogens is 228 g/mol. The number of nitrogens with one attached hydrogen (secondary N) is 2. The standard InChI is InChI=1S/C9H11ClN6/c1-5-8(10)14-6(2)15-9(5)11-3-7-12-4-13-16-7/h4H,3H2,1-2H3,(H,11,14,15)(H,12,13,16). The summed E-state index contributed by atoms with van der Waals surface area (Å²) in [6.45, 7) is 4.18. The van der Waals surface area contributed by atoms with Crippen LogP contribution in [0.5, 0.6) is 0 Å². The SMILES string of the molecule is Cc1nc(Cl)c(C)c(NCc2ncn[nH]2)n1. The minimum atomic E-state index is 0.465. The van der Waals surface area contributed by atoms with Crippen LogP contribution in [0.3, 0.4) is 0 Å². The summed E-state index contributed by atoms with van der Waals surface area (Å²) in [5.41, 5.74) is 0.826. The quantitative estimate of drug-likeness (QED) is 0.792.